The van der Waals surface area contributed by atoms with Crippen molar-refractivity contribution in [1.82, 2.24) is 4.98 Å². The second-order valence-electron chi connectivity index (χ2n) is 9.60. The van der Waals surface area contributed by atoms with Crippen LogP contribution in [0.15, 0.2) is 30.5 Å². The first-order valence-corrected chi connectivity index (χ1v) is 14.8. The van der Waals surface area contributed by atoms with Crippen molar-refractivity contribution in [2.75, 3.05) is 10.6 Å². The van der Waals surface area contributed by atoms with Crippen molar-refractivity contribution in [3.8, 4) is 11.1 Å². The van der Waals surface area contributed by atoms with Gasteiger partial charge >= 0.3 is 6.09 Å². The van der Waals surface area contributed by atoms with Crippen molar-refractivity contribution in [3.05, 3.63) is 46.7 Å². The standard InChI is InChI=1S/C23H28BrClN2O4Si/c1-22(2,3)32(4,5)31-23(19(28)12-24)9-8-14-10-15(13-26-20(14)23)17-11-16(25)6-7-18(17)27-21(29)30/h6-7,10-11,13,27H,8-9,12H2,1-5H3,(H,29,30). The van der Waals surface area contributed by atoms with Crippen LogP contribution < -0.4 is 5.32 Å². The first-order valence-electron chi connectivity index (χ1n) is 10.4. The summed E-state index contributed by atoms with van der Waals surface area (Å²) in [6.45, 7) is 10.7. The summed E-state index contributed by atoms with van der Waals surface area (Å²) in [5.41, 5.74) is 2.29. The Labute approximate surface area is 203 Å². The number of benzene rings is 1. The molecule has 2 aromatic rings. The number of rotatable bonds is 6. The van der Waals surface area contributed by atoms with Gasteiger partial charge in [0.2, 0.25) is 0 Å². The lowest BCUT2D eigenvalue weighted by molar-refractivity contribution is -0.133. The van der Waals surface area contributed by atoms with Crippen LogP contribution in [0.2, 0.25) is 23.2 Å². The summed E-state index contributed by atoms with van der Waals surface area (Å²) >= 11 is 9.52. The number of alkyl halides is 1. The Morgan fingerprint density at radius 2 is 2.00 bits per heavy atom. The molecule has 1 aliphatic carbocycles. The summed E-state index contributed by atoms with van der Waals surface area (Å²) in [4.78, 5) is 29.1. The number of pyridine rings is 1. The summed E-state index contributed by atoms with van der Waals surface area (Å²) in [7, 11) is -2.28. The number of ketones is 1. The van der Waals surface area contributed by atoms with Crippen molar-refractivity contribution < 1.29 is 19.1 Å². The molecule has 1 heterocycles. The van der Waals surface area contributed by atoms with E-state index in [-0.39, 0.29) is 16.2 Å². The molecule has 0 saturated heterocycles. The number of halogens is 2. The van der Waals surface area contributed by atoms with Gasteiger partial charge in [-0.2, -0.15) is 0 Å². The van der Waals surface area contributed by atoms with Crippen molar-refractivity contribution in [2.24, 2.45) is 0 Å². The maximum Gasteiger partial charge on any atom is 0.409 e. The van der Waals surface area contributed by atoms with Crippen LogP contribution in [-0.4, -0.2) is 35.6 Å². The monoisotopic (exact) mass is 538 g/mol. The van der Waals surface area contributed by atoms with E-state index in [0.717, 1.165) is 11.1 Å². The number of nitrogens with zero attached hydrogens (tertiary/aromatic N) is 1. The molecule has 1 aliphatic rings. The van der Waals surface area contributed by atoms with Gasteiger partial charge in [-0.3, -0.25) is 15.1 Å². The van der Waals surface area contributed by atoms with Crippen LogP contribution in [0.5, 0.6) is 0 Å². The maximum atomic E-state index is 13.2. The van der Waals surface area contributed by atoms with Gasteiger partial charge in [-0.15, -0.1) is 0 Å². The smallest absolute Gasteiger partial charge is 0.409 e. The zero-order valence-corrected chi connectivity index (χ0v) is 22.2. The second-order valence-corrected chi connectivity index (χ2v) is 15.3. The van der Waals surface area contributed by atoms with Crippen LogP contribution in [0.25, 0.3) is 11.1 Å². The van der Waals surface area contributed by atoms with E-state index in [1.54, 1.807) is 24.4 Å². The molecule has 1 aromatic heterocycles. The Hall–Kier alpha value is -1.74. The lowest BCUT2D eigenvalue weighted by Crippen LogP contribution is -2.51. The maximum absolute atomic E-state index is 13.2. The molecule has 3 rings (SSSR count). The molecular formula is C23H28BrClN2O4Si. The van der Waals surface area contributed by atoms with Crippen molar-refractivity contribution in [2.45, 2.75) is 57.3 Å². The van der Waals surface area contributed by atoms with Gasteiger partial charge in [-0.05, 0) is 60.8 Å². The molecule has 1 unspecified atom stereocenters. The van der Waals surface area contributed by atoms with Gasteiger partial charge in [0.15, 0.2) is 19.7 Å². The third-order valence-electron chi connectivity index (χ3n) is 6.44. The van der Waals surface area contributed by atoms with Gasteiger partial charge in [0.1, 0.15) is 0 Å². The zero-order chi connectivity index (χ0) is 23.9. The molecule has 0 aliphatic heterocycles. The molecule has 0 radical (unpaired) electrons. The van der Waals surface area contributed by atoms with Crippen LogP contribution in [0, 0.1) is 0 Å². The topological polar surface area (TPSA) is 88.5 Å². The predicted octanol–water partition coefficient (Wildman–Crippen LogP) is 6.62. The van der Waals surface area contributed by atoms with E-state index in [0.29, 0.717) is 34.8 Å². The number of aromatic nitrogens is 1. The van der Waals surface area contributed by atoms with Crippen LogP contribution in [0.4, 0.5) is 10.5 Å². The molecule has 1 atom stereocenters. The predicted molar refractivity (Wildman–Crippen MR) is 133 cm³/mol. The highest BCUT2D eigenvalue weighted by Gasteiger charge is 2.53. The van der Waals surface area contributed by atoms with E-state index in [1.807, 2.05) is 6.07 Å². The minimum absolute atomic E-state index is 0.0303. The Bertz CT molecular complexity index is 1070. The Morgan fingerprint density at radius 3 is 2.59 bits per heavy atom. The molecule has 1 aromatic carbocycles. The average Bonchev–Trinajstić information content (AvgIpc) is 3.05. The molecule has 0 bridgehead atoms. The second kappa shape index (κ2) is 8.89. The van der Waals surface area contributed by atoms with Crippen LogP contribution in [0.1, 0.15) is 38.4 Å². The van der Waals surface area contributed by atoms with E-state index in [1.165, 1.54) is 0 Å². The molecule has 0 fully saturated rings. The number of anilines is 1. The summed E-state index contributed by atoms with van der Waals surface area (Å²) in [6.07, 6.45) is 1.68. The highest BCUT2D eigenvalue weighted by atomic mass is 79.9. The quantitative estimate of drug-likeness (QED) is 0.318. The molecule has 32 heavy (non-hydrogen) atoms. The molecule has 0 saturated carbocycles. The van der Waals surface area contributed by atoms with Crippen molar-refractivity contribution in [3.63, 3.8) is 0 Å². The number of nitrogens with one attached hydrogen (secondary N) is 1. The van der Waals surface area contributed by atoms with E-state index >= 15 is 0 Å². The van der Waals surface area contributed by atoms with E-state index in [9.17, 15) is 14.7 Å². The third-order valence-corrected chi connectivity index (χ3v) is 11.7. The molecular weight excluding hydrogens is 512 g/mol. The zero-order valence-electron chi connectivity index (χ0n) is 18.9. The number of carbonyl (C=O) groups excluding carboxylic acids is 1. The fraction of sp³-hybridized carbons (Fsp3) is 0.435. The number of Topliss-reactive ketones (excluding diaryl/α,β-unsaturated/α-hetero) is 1. The van der Waals surface area contributed by atoms with Gasteiger partial charge < -0.3 is 9.53 Å². The largest absolute Gasteiger partial charge is 0.465 e. The lowest BCUT2D eigenvalue weighted by atomic mass is 9.95. The Kier molecular flexibility index (Phi) is 6.92. The molecule has 2 N–H and O–H groups in total. The highest BCUT2D eigenvalue weighted by Crippen LogP contribution is 2.48. The normalized spacial score (nSPS) is 18.3. The minimum atomic E-state index is -2.28. The Balaban J connectivity index is 2.10. The number of carboxylic acid groups (broad SMARTS) is 1. The van der Waals surface area contributed by atoms with E-state index in [2.05, 4.69) is 55.1 Å². The van der Waals surface area contributed by atoms with Gasteiger partial charge in [-0.25, -0.2) is 4.79 Å². The summed E-state index contributed by atoms with van der Waals surface area (Å²) < 4.78 is 6.76. The summed E-state index contributed by atoms with van der Waals surface area (Å²) in [5, 5.41) is 12.2. The number of aryl methyl sites for hydroxylation is 1. The molecule has 9 heteroatoms. The molecule has 0 spiro atoms. The average molecular weight is 540 g/mol. The highest BCUT2D eigenvalue weighted by molar-refractivity contribution is 9.09. The van der Waals surface area contributed by atoms with Crippen LogP contribution in [0.3, 0.4) is 0 Å². The summed E-state index contributed by atoms with van der Waals surface area (Å²) in [6, 6.07) is 6.91. The molecule has 6 nitrogen and oxygen atoms in total. The lowest BCUT2D eigenvalue weighted by Gasteiger charge is -2.43. The van der Waals surface area contributed by atoms with E-state index in [4.69, 9.17) is 21.0 Å². The number of fused-ring (bicyclic) bond motifs is 1. The molecule has 172 valence electrons. The fourth-order valence-electron chi connectivity index (χ4n) is 3.74. The number of hydrogen-bond acceptors (Lipinski definition) is 4. The molecule has 1 amide bonds. The van der Waals surface area contributed by atoms with Gasteiger partial charge in [-0.1, -0.05) is 48.3 Å². The first-order chi connectivity index (χ1) is 14.8. The van der Waals surface area contributed by atoms with Crippen LogP contribution in [-0.2, 0) is 21.2 Å². The van der Waals surface area contributed by atoms with Gasteiger partial charge in [0.25, 0.3) is 0 Å². The third kappa shape index (κ3) is 4.64. The van der Waals surface area contributed by atoms with Gasteiger partial charge in [0, 0.05) is 22.3 Å². The summed E-state index contributed by atoms with van der Waals surface area (Å²) in [5.74, 6) is -0.0303. The number of carbonyl (C=O) groups is 2. The number of hydrogen-bond donors (Lipinski definition) is 2. The van der Waals surface area contributed by atoms with Crippen LogP contribution >= 0.6 is 27.5 Å². The fourth-order valence-corrected chi connectivity index (χ4v) is 5.86. The van der Waals surface area contributed by atoms with E-state index < -0.39 is 20.0 Å². The number of amides is 1. The van der Waals surface area contributed by atoms with Gasteiger partial charge in [0.05, 0.1) is 16.7 Å². The first kappa shape index (κ1) is 24.9. The SMILES string of the molecule is CC(C)(C)[Si](C)(C)OC1(C(=O)CBr)CCc2cc(-c3cc(Cl)ccc3NC(=O)O)cnc21. The van der Waals surface area contributed by atoms with Crippen molar-refractivity contribution in [1.29, 1.82) is 0 Å². The van der Waals surface area contributed by atoms with Crippen molar-refractivity contribution >= 4 is 53.4 Å². The Morgan fingerprint density at radius 1 is 1.31 bits per heavy atom. The minimum Gasteiger partial charge on any atom is -0.465 e.